The average molecular weight is 621 g/mol. The molecule has 0 spiro atoms. The van der Waals surface area contributed by atoms with Crippen LogP contribution in [0.25, 0.3) is 65.7 Å². The molecule has 0 saturated carbocycles. The van der Waals surface area contributed by atoms with E-state index in [1.54, 1.807) is 0 Å². The zero-order chi connectivity index (χ0) is 33.6. The van der Waals surface area contributed by atoms with Gasteiger partial charge in [0.25, 0.3) is 0 Å². The maximum atomic E-state index is 2.35. The van der Waals surface area contributed by atoms with E-state index in [9.17, 15) is 0 Å². The van der Waals surface area contributed by atoms with Crippen molar-refractivity contribution in [1.29, 1.82) is 0 Å². The lowest BCUT2D eigenvalue weighted by atomic mass is 9.93. The summed E-state index contributed by atoms with van der Waals surface area (Å²) in [5.74, 6) is 0. The molecule has 236 valence electrons. The van der Waals surface area contributed by atoms with Crippen molar-refractivity contribution in [2.75, 3.05) is 0 Å². The van der Waals surface area contributed by atoms with Gasteiger partial charge in [0.05, 0.1) is 0 Å². The Balaban J connectivity index is 0.000000210. The normalized spacial score (nSPS) is 10.7. The average Bonchev–Trinajstić information content (AvgIpc) is 3.13. The highest BCUT2D eigenvalue weighted by atomic mass is 14.1. The molecule has 0 nitrogen and oxygen atoms in total. The van der Waals surface area contributed by atoms with E-state index in [0.717, 1.165) is 0 Å². The SMILES string of the molecule is CC.Cc1ccc(-c2ccc(C)cc2)cc1.Cc1ccc(-c2ccc3ccc4c5cc(-c6ccc(C)cc6)ccc5ccc4c3c2)cc1. The Morgan fingerprint density at radius 1 is 0.229 bits per heavy atom. The highest BCUT2D eigenvalue weighted by Gasteiger charge is 2.08. The minimum absolute atomic E-state index is 1.26. The first-order chi connectivity index (χ1) is 23.4. The van der Waals surface area contributed by atoms with Crippen LogP contribution in [0.3, 0.4) is 0 Å². The monoisotopic (exact) mass is 620 g/mol. The fraction of sp³-hybridized carbons (Fsp3) is 0.125. The summed E-state index contributed by atoms with van der Waals surface area (Å²) < 4.78 is 0. The standard InChI is InChI=1S/C32H24.C14H14.C2H6/c1-21-3-7-23(8-4-21)27-13-11-25-15-18-30-29(31(25)19-27)17-16-26-12-14-28(20-32(26)30)24-9-5-22(2)6-10-24;1-11-3-7-13(8-4-11)14-9-5-12(2)6-10-14;1-2/h3-20H,1-2H3;3-10H,1-2H3;1-2H3. The van der Waals surface area contributed by atoms with Gasteiger partial charge in [0, 0.05) is 0 Å². The van der Waals surface area contributed by atoms with E-state index in [4.69, 9.17) is 0 Å². The molecule has 0 amide bonds. The quantitative estimate of drug-likeness (QED) is 0.172. The highest BCUT2D eigenvalue weighted by molar-refractivity contribution is 6.18. The third kappa shape index (κ3) is 7.09. The molecule has 0 aliphatic rings. The van der Waals surface area contributed by atoms with E-state index in [1.807, 2.05) is 13.8 Å². The molecule has 0 aliphatic carbocycles. The van der Waals surface area contributed by atoms with Crippen LogP contribution in [0.2, 0.25) is 0 Å². The van der Waals surface area contributed by atoms with Gasteiger partial charge in [-0.25, -0.2) is 0 Å². The molecule has 0 heteroatoms. The second-order valence-corrected chi connectivity index (χ2v) is 12.6. The summed E-state index contributed by atoms with van der Waals surface area (Å²) in [5, 5.41) is 7.80. The van der Waals surface area contributed by atoms with Crippen LogP contribution in [0.1, 0.15) is 36.1 Å². The van der Waals surface area contributed by atoms with Crippen molar-refractivity contribution in [2.45, 2.75) is 41.5 Å². The van der Waals surface area contributed by atoms with Gasteiger partial charge >= 0.3 is 0 Å². The van der Waals surface area contributed by atoms with E-state index < -0.39 is 0 Å². The summed E-state index contributed by atoms with van der Waals surface area (Å²) in [5.41, 5.74) is 12.8. The molecular formula is C48H44. The van der Waals surface area contributed by atoms with Gasteiger partial charge in [-0.3, -0.25) is 0 Å². The molecular weight excluding hydrogens is 577 g/mol. The Morgan fingerprint density at radius 3 is 0.750 bits per heavy atom. The minimum Gasteiger partial charge on any atom is -0.0683 e. The van der Waals surface area contributed by atoms with Crippen LogP contribution in [0.4, 0.5) is 0 Å². The van der Waals surface area contributed by atoms with Crippen LogP contribution in [0, 0.1) is 27.7 Å². The smallest absolute Gasteiger partial charge is 0.00987 e. The Kier molecular flexibility index (Phi) is 9.83. The predicted molar refractivity (Wildman–Crippen MR) is 212 cm³/mol. The van der Waals surface area contributed by atoms with Gasteiger partial charge in [0.15, 0.2) is 0 Å². The lowest BCUT2D eigenvalue weighted by molar-refractivity contribution is 1.45. The fourth-order valence-electron chi connectivity index (χ4n) is 6.21. The maximum absolute atomic E-state index is 2.35. The molecule has 0 heterocycles. The lowest BCUT2D eigenvalue weighted by Gasteiger charge is -2.11. The Hall–Kier alpha value is -5.46. The topological polar surface area (TPSA) is 0 Å². The van der Waals surface area contributed by atoms with Crippen molar-refractivity contribution in [3.05, 3.63) is 180 Å². The van der Waals surface area contributed by atoms with Crippen LogP contribution in [0.15, 0.2) is 158 Å². The maximum Gasteiger partial charge on any atom is -0.00987 e. The van der Waals surface area contributed by atoms with Crippen LogP contribution in [-0.4, -0.2) is 0 Å². The Bertz CT molecular complexity index is 2120. The Labute approximate surface area is 286 Å². The second-order valence-electron chi connectivity index (χ2n) is 12.6. The number of rotatable bonds is 3. The zero-order valence-electron chi connectivity index (χ0n) is 29.0. The number of hydrogen-bond donors (Lipinski definition) is 0. The summed E-state index contributed by atoms with van der Waals surface area (Å²) in [6.45, 7) is 12.5. The number of benzene rings is 8. The van der Waals surface area contributed by atoms with Gasteiger partial charge in [0.1, 0.15) is 0 Å². The summed E-state index contributed by atoms with van der Waals surface area (Å²) in [4.78, 5) is 0. The molecule has 8 aromatic rings. The fourth-order valence-corrected chi connectivity index (χ4v) is 6.21. The third-order valence-electron chi connectivity index (χ3n) is 9.04. The van der Waals surface area contributed by atoms with Crippen molar-refractivity contribution in [3.63, 3.8) is 0 Å². The van der Waals surface area contributed by atoms with E-state index in [-0.39, 0.29) is 0 Å². The van der Waals surface area contributed by atoms with Gasteiger partial charge in [-0.15, -0.1) is 0 Å². The largest absolute Gasteiger partial charge is 0.0683 e. The van der Waals surface area contributed by atoms with Gasteiger partial charge < -0.3 is 0 Å². The van der Waals surface area contributed by atoms with Crippen molar-refractivity contribution >= 4 is 32.3 Å². The number of fused-ring (bicyclic) bond motifs is 5. The van der Waals surface area contributed by atoms with Gasteiger partial charge in [-0.05, 0) is 106 Å². The van der Waals surface area contributed by atoms with E-state index in [1.165, 1.54) is 88.0 Å². The molecule has 0 radical (unpaired) electrons. The van der Waals surface area contributed by atoms with Crippen molar-refractivity contribution in [3.8, 4) is 33.4 Å². The summed E-state index contributed by atoms with van der Waals surface area (Å²) in [7, 11) is 0. The number of aryl methyl sites for hydroxylation is 4. The van der Waals surface area contributed by atoms with Crippen molar-refractivity contribution in [1.82, 2.24) is 0 Å². The molecule has 0 aliphatic heterocycles. The molecule has 0 bridgehead atoms. The first-order valence-electron chi connectivity index (χ1n) is 17.1. The first-order valence-corrected chi connectivity index (χ1v) is 17.1. The van der Waals surface area contributed by atoms with Crippen LogP contribution in [0.5, 0.6) is 0 Å². The summed E-state index contributed by atoms with van der Waals surface area (Å²) >= 11 is 0. The second kappa shape index (κ2) is 14.5. The molecule has 0 saturated heterocycles. The molecule has 8 aromatic carbocycles. The molecule has 0 N–H and O–H groups in total. The number of hydrogen-bond acceptors (Lipinski definition) is 0. The van der Waals surface area contributed by atoms with Gasteiger partial charge in [0.2, 0.25) is 0 Å². The van der Waals surface area contributed by atoms with Crippen LogP contribution >= 0.6 is 0 Å². The van der Waals surface area contributed by atoms with E-state index in [0.29, 0.717) is 0 Å². The molecule has 0 atom stereocenters. The third-order valence-corrected chi connectivity index (χ3v) is 9.04. The molecule has 48 heavy (non-hydrogen) atoms. The predicted octanol–water partition coefficient (Wildman–Crippen LogP) is 14.1. The Morgan fingerprint density at radius 2 is 0.458 bits per heavy atom. The molecule has 0 unspecified atom stereocenters. The molecule has 8 rings (SSSR count). The summed E-state index contributed by atoms with van der Waals surface area (Å²) in [6.07, 6.45) is 0. The summed E-state index contributed by atoms with van der Waals surface area (Å²) in [6, 6.07) is 57.6. The zero-order valence-corrected chi connectivity index (χ0v) is 29.0. The molecule has 0 fully saturated rings. The van der Waals surface area contributed by atoms with Crippen LogP contribution < -0.4 is 0 Å². The van der Waals surface area contributed by atoms with Gasteiger partial charge in [-0.1, -0.05) is 182 Å². The lowest BCUT2D eigenvalue weighted by Crippen LogP contribution is -1.85. The van der Waals surface area contributed by atoms with Crippen molar-refractivity contribution < 1.29 is 0 Å². The van der Waals surface area contributed by atoms with Crippen LogP contribution in [-0.2, 0) is 0 Å². The van der Waals surface area contributed by atoms with E-state index in [2.05, 4.69) is 185 Å². The first kappa shape index (κ1) is 32.5. The minimum atomic E-state index is 1.26. The van der Waals surface area contributed by atoms with E-state index >= 15 is 0 Å². The van der Waals surface area contributed by atoms with Gasteiger partial charge in [-0.2, -0.15) is 0 Å². The highest BCUT2D eigenvalue weighted by Crippen LogP contribution is 2.35. The molecule has 0 aromatic heterocycles. The van der Waals surface area contributed by atoms with Crippen molar-refractivity contribution in [2.24, 2.45) is 0 Å².